The Hall–Kier alpha value is -1.63. The molecule has 0 amide bonds. The van der Waals surface area contributed by atoms with Crippen LogP contribution in [0.1, 0.15) is 27.2 Å². The second-order valence-electron chi connectivity index (χ2n) is 4.47. The van der Waals surface area contributed by atoms with E-state index in [1.807, 2.05) is 32.7 Å². The van der Waals surface area contributed by atoms with Crippen molar-refractivity contribution in [3.8, 4) is 6.01 Å². The molecule has 7 heteroatoms. The Balaban J connectivity index is 2.62. The fraction of sp³-hybridized carbons (Fsp3) is 0.750. The molecule has 2 N–H and O–H groups in total. The minimum absolute atomic E-state index is 0.160. The van der Waals surface area contributed by atoms with Gasteiger partial charge in [-0.2, -0.15) is 15.0 Å². The lowest BCUT2D eigenvalue weighted by molar-refractivity contribution is 0.0844. The van der Waals surface area contributed by atoms with Crippen molar-refractivity contribution in [1.82, 2.24) is 15.0 Å². The van der Waals surface area contributed by atoms with Crippen molar-refractivity contribution < 1.29 is 9.47 Å². The maximum atomic E-state index is 5.65. The summed E-state index contributed by atoms with van der Waals surface area (Å²) >= 11 is 0. The first kappa shape index (κ1) is 15.4. The molecule has 0 fully saturated rings. The largest absolute Gasteiger partial charge is 0.463 e. The Morgan fingerprint density at radius 1 is 1.21 bits per heavy atom. The topological polar surface area (TPSA) is 86.4 Å². The fourth-order valence-corrected chi connectivity index (χ4v) is 1.31. The number of hydrogen-bond acceptors (Lipinski definition) is 7. The molecule has 1 rings (SSSR count). The van der Waals surface area contributed by atoms with Crippen LogP contribution in [0.4, 0.5) is 11.9 Å². The maximum absolute atomic E-state index is 5.65. The molecule has 1 aromatic heterocycles. The predicted molar refractivity (Wildman–Crippen MR) is 74.4 cm³/mol. The van der Waals surface area contributed by atoms with E-state index in [1.54, 1.807) is 0 Å². The molecular weight excluding hydrogens is 246 g/mol. The van der Waals surface area contributed by atoms with Gasteiger partial charge in [0.05, 0.1) is 19.3 Å². The highest BCUT2D eigenvalue weighted by Gasteiger charge is 2.10. The molecule has 7 nitrogen and oxygen atoms in total. The van der Waals surface area contributed by atoms with Gasteiger partial charge in [0.1, 0.15) is 0 Å². The standard InChI is InChI=1S/C12H23N5O2/c1-5-7-19-12-15-10(13)14-11(16-12)17(4)6-8-18-9(2)3/h9H,5-8H2,1-4H3,(H2,13,14,15,16). The number of aromatic nitrogens is 3. The molecule has 0 aliphatic rings. The highest BCUT2D eigenvalue weighted by Crippen LogP contribution is 2.12. The third-order valence-corrected chi connectivity index (χ3v) is 2.27. The molecule has 0 aliphatic heterocycles. The van der Waals surface area contributed by atoms with E-state index in [-0.39, 0.29) is 18.1 Å². The molecule has 19 heavy (non-hydrogen) atoms. The molecule has 1 aromatic rings. The summed E-state index contributed by atoms with van der Waals surface area (Å²) in [4.78, 5) is 14.1. The number of likely N-dealkylation sites (N-methyl/N-ethyl adjacent to an activating group) is 1. The second kappa shape index (κ2) is 7.73. The zero-order chi connectivity index (χ0) is 14.3. The van der Waals surface area contributed by atoms with Crippen LogP contribution in [0.2, 0.25) is 0 Å². The molecular formula is C12H23N5O2. The molecule has 0 aliphatic carbocycles. The van der Waals surface area contributed by atoms with E-state index in [1.165, 1.54) is 0 Å². The Kier molecular flexibility index (Phi) is 6.27. The van der Waals surface area contributed by atoms with Crippen molar-refractivity contribution in [3.05, 3.63) is 0 Å². The van der Waals surface area contributed by atoms with E-state index in [0.717, 1.165) is 6.42 Å². The van der Waals surface area contributed by atoms with Gasteiger partial charge in [-0.05, 0) is 20.3 Å². The van der Waals surface area contributed by atoms with Gasteiger partial charge in [0, 0.05) is 13.6 Å². The van der Waals surface area contributed by atoms with E-state index in [4.69, 9.17) is 15.2 Å². The lowest BCUT2D eigenvalue weighted by Gasteiger charge is -2.18. The van der Waals surface area contributed by atoms with Crippen molar-refractivity contribution in [2.45, 2.75) is 33.3 Å². The third-order valence-electron chi connectivity index (χ3n) is 2.27. The Morgan fingerprint density at radius 3 is 2.58 bits per heavy atom. The van der Waals surface area contributed by atoms with Crippen LogP contribution < -0.4 is 15.4 Å². The fourth-order valence-electron chi connectivity index (χ4n) is 1.31. The Labute approximate surface area is 114 Å². The van der Waals surface area contributed by atoms with Crippen molar-refractivity contribution in [1.29, 1.82) is 0 Å². The van der Waals surface area contributed by atoms with E-state index in [0.29, 0.717) is 25.7 Å². The van der Waals surface area contributed by atoms with E-state index < -0.39 is 0 Å². The molecule has 0 atom stereocenters. The lowest BCUT2D eigenvalue weighted by atomic mass is 10.5. The molecule has 108 valence electrons. The van der Waals surface area contributed by atoms with Gasteiger partial charge in [-0.15, -0.1) is 0 Å². The zero-order valence-electron chi connectivity index (χ0n) is 12.1. The van der Waals surface area contributed by atoms with Crippen LogP contribution in [0.15, 0.2) is 0 Å². The predicted octanol–water partition coefficient (Wildman–Crippen LogP) is 1.10. The van der Waals surface area contributed by atoms with Gasteiger partial charge >= 0.3 is 6.01 Å². The van der Waals surface area contributed by atoms with Crippen LogP contribution in [0.3, 0.4) is 0 Å². The summed E-state index contributed by atoms with van der Waals surface area (Å²) in [6, 6.07) is 0.265. The van der Waals surface area contributed by atoms with Crippen LogP contribution in [-0.4, -0.2) is 47.9 Å². The molecule has 0 saturated heterocycles. The molecule has 0 aromatic carbocycles. The monoisotopic (exact) mass is 269 g/mol. The first-order chi connectivity index (χ1) is 9.02. The van der Waals surface area contributed by atoms with Gasteiger partial charge in [0.2, 0.25) is 11.9 Å². The van der Waals surface area contributed by atoms with Crippen LogP contribution in [-0.2, 0) is 4.74 Å². The average molecular weight is 269 g/mol. The number of nitrogens with two attached hydrogens (primary N) is 1. The summed E-state index contributed by atoms with van der Waals surface area (Å²) in [7, 11) is 1.88. The summed E-state index contributed by atoms with van der Waals surface area (Å²) in [5.41, 5.74) is 5.65. The second-order valence-corrected chi connectivity index (χ2v) is 4.47. The van der Waals surface area contributed by atoms with E-state index in [2.05, 4.69) is 15.0 Å². The number of nitrogens with zero attached hydrogens (tertiary/aromatic N) is 4. The third kappa shape index (κ3) is 5.69. The highest BCUT2D eigenvalue weighted by molar-refractivity contribution is 5.34. The van der Waals surface area contributed by atoms with E-state index in [9.17, 15) is 0 Å². The number of rotatable bonds is 8. The van der Waals surface area contributed by atoms with Crippen LogP contribution in [0, 0.1) is 0 Å². The molecule has 0 bridgehead atoms. The summed E-state index contributed by atoms with van der Waals surface area (Å²) in [6.07, 6.45) is 1.10. The van der Waals surface area contributed by atoms with Crippen LogP contribution in [0.5, 0.6) is 6.01 Å². The van der Waals surface area contributed by atoms with Crippen molar-refractivity contribution in [2.24, 2.45) is 0 Å². The first-order valence-corrected chi connectivity index (χ1v) is 6.50. The molecule has 0 unspecified atom stereocenters. The Morgan fingerprint density at radius 2 is 1.95 bits per heavy atom. The number of nitrogen functional groups attached to an aromatic ring is 1. The number of hydrogen-bond donors (Lipinski definition) is 1. The average Bonchev–Trinajstić information content (AvgIpc) is 2.35. The number of ether oxygens (including phenoxy) is 2. The summed E-state index contributed by atoms with van der Waals surface area (Å²) in [5.74, 6) is 0.652. The quantitative estimate of drug-likeness (QED) is 0.756. The number of anilines is 2. The van der Waals surface area contributed by atoms with Gasteiger partial charge < -0.3 is 20.1 Å². The van der Waals surface area contributed by atoms with Crippen LogP contribution in [0.25, 0.3) is 0 Å². The lowest BCUT2D eigenvalue weighted by Crippen LogP contribution is -2.26. The van der Waals surface area contributed by atoms with Crippen LogP contribution >= 0.6 is 0 Å². The molecule has 1 heterocycles. The summed E-state index contributed by atoms with van der Waals surface area (Å²) < 4.78 is 10.9. The highest BCUT2D eigenvalue weighted by atomic mass is 16.5. The zero-order valence-corrected chi connectivity index (χ0v) is 12.1. The van der Waals surface area contributed by atoms with Gasteiger partial charge in [-0.3, -0.25) is 0 Å². The molecule has 0 spiro atoms. The first-order valence-electron chi connectivity index (χ1n) is 6.50. The van der Waals surface area contributed by atoms with Crippen molar-refractivity contribution in [2.75, 3.05) is 37.4 Å². The summed E-state index contributed by atoms with van der Waals surface area (Å²) in [6.45, 7) is 7.85. The van der Waals surface area contributed by atoms with E-state index >= 15 is 0 Å². The van der Waals surface area contributed by atoms with Crippen molar-refractivity contribution in [3.63, 3.8) is 0 Å². The van der Waals surface area contributed by atoms with Crippen molar-refractivity contribution >= 4 is 11.9 Å². The minimum atomic E-state index is 0.160. The maximum Gasteiger partial charge on any atom is 0.323 e. The van der Waals surface area contributed by atoms with Gasteiger partial charge in [-0.1, -0.05) is 6.92 Å². The normalized spacial score (nSPS) is 10.8. The molecule has 0 radical (unpaired) electrons. The Bertz CT molecular complexity index is 386. The minimum Gasteiger partial charge on any atom is -0.463 e. The smallest absolute Gasteiger partial charge is 0.323 e. The summed E-state index contributed by atoms with van der Waals surface area (Å²) in [5, 5.41) is 0. The SMILES string of the molecule is CCCOc1nc(N)nc(N(C)CCOC(C)C)n1. The molecule has 0 saturated carbocycles. The van der Waals surface area contributed by atoms with Gasteiger partial charge in [0.25, 0.3) is 0 Å². The van der Waals surface area contributed by atoms with Gasteiger partial charge in [-0.25, -0.2) is 0 Å². The van der Waals surface area contributed by atoms with Gasteiger partial charge in [0.15, 0.2) is 0 Å².